The number of amides is 1. The molecular weight excluding hydrogens is 470 g/mol. The first-order valence-corrected chi connectivity index (χ1v) is 13.8. The van der Waals surface area contributed by atoms with E-state index >= 15 is 0 Å². The summed E-state index contributed by atoms with van der Waals surface area (Å²) in [4.78, 5) is 27.6. The number of rotatable bonds is 9. The number of nitrogens with one attached hydrogen (secondary N) is 2. The smallest absolute Gasteiger partial charge is 0.271 e. The minimum absolute atomic E-state index is 0.145. The normalized spacial score (nSPS) is 22.1. The molecule has 2 aliphatic heterocycles. The van der Waals surface area contributed by atoms with Gasteiger partial charge in [0, 0.05) is 70.6 Å². The van der Waals surface area contributed by atoms with Crippen molar-refractivity contribution in [3.05, 3.63) is 64.2 Å². The van der Waals surface area contributed by atoms with Crippen LogP contribution in [0.2, 0.25) is 0 Å². The summed E-state index contributed by atoms with van der Waals surface area (Å²) in [7, 11) is 4.12. The molecule has 194 valence electrons. The van der Waals surface area contributed by atoms with Gasteiger partial charge in [-0.15, -0.1) is 11.3 Å². The van der Waals surface area contributed by atoms with E-state index in [4.69, 9.17) is 4.99 Å². The Bertz CT molecular complexity index is 1120. The molecule has 1 aromatic heterocycles. The molecule has 4 rings (SSSR count). The first-order valence-electron chi connectivity index (χ1n) is 12.9. The number of hydrogen-bond donors (Lipinski definition) is 2. The maximum atomic E-state index is 12.5. The lowest BCUT2D eigenvalue weighted by Gasteiger charge is -2.32. The number of aromatic nitrogens is 1. The van der Waals surface area contributed by atoms with Gasteiger partial charge >= 0.3 is 0 Å². The van der Waals surface area contributed by atoms with Crippen molar-refractivity contribution in [1.29, 1.82) is 0 Å². The number of thiazole rings is 1. The molecule has 1 saturated heterocycles. The fourth-order valence-corrected chi connectivity index (χ4v) is 5.54. The molecule has 1 aromatic rings. The lowest BCUT2D eigenvalue weighted by atomic mass is 9.97. The van der Waals surface area contributed by atoms with Crippen molar-refractivity contribution in [1.82, 2.24) is 25.0 Å². The zero-order chi connectivity index (χ0) is 25.3. The molecule has 2 atom stereocenters. The Labute approximate surface area is 218 Å². The van der Waals surface area contributed by atoms with E-state index in [-0.39, 0.29) is 18.0 Å². The molecule has 9 heteroatoms. The molecule has 0 radical (unpaired) electrons. The molecule has 0 saturated carbocycles. The Balaban J connectivity index is 1.20. The Morgan fingerprint density at radius 2 is 2.11 bits per heavy atom. The lowest BCUT2D eigenvalue weighted by molar-refractivity contribution is -0.117. The highest BCUT2D eigenvalue weighted by Crippen LogP contribution is 2.21. The summed E-state index contributed by atoms with van der Waals surface area (Å²) < 4.78 is 2.23. The van der Waals surface area contributed by atoms with Crippen LogP contribution in [-0.2, 0) is 18.4 Å². The molecule has 3 aliphatic rings. The van der Waals surface area contributed by atoms with Gasteiger partial charge in [0.15, 0.2) is 4.80 Å². The van der Waals surface area contributed by atoms with Gasteiger partial charge < -0.3 is 20.1 Å². The number of aliphatic imine (C=N–C) groups is 1. The van der Waals surface area contributed by atoms with Gasteiger partial charge in [0.05, 0.1) is 17.8 Å². The summed E-state index contributed by atoms with van der Waals surface area (Å²) in [6, 6.07) is 0.491. The molecule has 1 amide bonds. The predicted molar refractivity (Wildman–Crippen MR) is 148 cm³/mol. The molecule has 1 aliphatic carbocycles. The second-order valence-electron chi connectivity index (χ2n) is 9.59. The van der Waals surface area contributed by atoms with Crippen LogP contribution in [0.1, 0.15) is 31.9 Å². The van der Waals surface area contributed by atoms with E-state index in [0.717, 1.165) is 62.5 Å². The summed E-state index contributed by atoms with van der Waals surface area (Å²) in [6.07, 6.45) is 17.0. The van der Waals surface area contributed by atoms with Crippen molar-refractivity contribution in [3.63, 3.8) is 0 Å². The van der Waals surface area contributed by atoms with E-state index in [1.54, 1.807) is 11.3 Å². The largest absolute Gasteiger partial charge is 0.370 e. The summed E-state index contributed by atoms with van der Waals surface area (Å²) in [5.74, 6) is -0.145. The Morgan fingerprint density at radius 1 is 1.31 bits per heavy atom. The molecule has 0 aromatic carbocycles. The summed E-state index contributed by atoms with van der Waals surface area (Å²) in [5, 5.41) is 8.57. The second-order valence-corrected chi connectivity index (χ2v) is 10.4. The van der Waals surface area contributed by atoms with Crippen molar-refractivity contribution >= 4 is 23.0 Å². The topological polar surface area (TPSA) is 77.3 Å². The fourth-order valence-electron chi connectivity index (χ4n) is 4.55. The third-order valence-corrected chi connectivity index (χ3v) is 7.70. The van der Waals surface area contributed by atoms with Crippen LogP contribution < -0.4 is 15.4 Å². The fraction of sp³-hybridized carbons (Fsp3) is 0.519. The predicted octanol–water partition coefficient (Wildman–Crippen LogP) is 2.35. The number of carbonyl (C=O) groups excluding carboxylic acids is 1. The molecule has 2 N–H and O–H groups in total. The van der Waals surface area contributed by atoms with E-state index in [1.807, 2.05) is 37.6 Å². The molecular formula is C27H39N7OS. The highest BCUT2D eigenvalue weighted by molar-refractivity contribution is 7.07. The monoisotopic (exact) mass is 509 g/mol. The van der Waals surface area contributed by atoms with Crippen molar-refractivity contribution < 1.29 is 4.79 Å². The molecule has 2 unspecified atom stereocenters. The molecule has 0 spiro atoms. The quantitative estimate of drug-likeness (QED) is 0.501. The molecule has 36 heavy (non-hydrogen) atoms. The number of hydrogen-bond acceptors (Lipinski definition) is 7. The molecule has 3 heterocycles. The Morgan fingerprint density at radius 3 is 2.94 bits per heavy atom. The van der Waals surface area contributed by atoms with Crippen LogP contribution in [0.25, 0.3) is 0 Å². The number of carbonyl (C=O) groups is 1. The third-order valence-electron chi connectivity index (χ3n) is 6.72. The first kappa shape index (κ1) is 26.3. The van der Waals surface area contributed by atoms with Gasteiger partial charge in [-0.25, -0.2) is 4.99 Å². The lowest BCUT2D eigenvalue weighted by Crippen LogP contribution is -2.43. The van der Waals surface area contributed by atoms with Crippen LogP contribution in [0, 0.1) is 0 Å². The zero-order valence-corrected chi connectivity index (χ0v) is 22.5. The SMILES string of the molecule is CC(CC=CC=CCNC(=O)C1=CN(C)C2CCC=CC2=N1)N=c1scc(CN2CCNCC2)n1C. The van der Waals surface area contributed by atoms with E-state index in [9.17, 15) is 4.79 Å². The third kappa shape index (κ3) is 7.15. The summed E-state index contributed by atoms with van der Waals surface area (Å²) >= 11 is 1.72. The van der Waals surface area contributed by atoms with E-state index < -0.39 is 0 Å². The van der Waals surface area contributed by atoms with Crippen LogP contribution in [0.3, 0.4) is 0 Å². The second kappa shape index (κ2) is 13.0. The standard InChI is InChI=1S/C27H39N7OS/c1-21(30-27-33(3)22(20-36-27)18-34-16-14-28-15-17-34)10-6-4-5-9-13-29-26(35)24-19-32(2)25-12-8-7-11-23(25)31-24/h4-7,9,11,19-21,25,28H,8,10,12-18H2,1-3H3,(H,29,35). The highest BCUT2D eigenvalue weighted by atomic mass is 32.1. The van der Waals surface area contributed by atoms with Gasteiger partial charge in [0.25, 0.3) is 5.91 Å². The summed E-state index contributed by atoms with van der Waals surface area (Å²) in [5.41, 5.74) is 2.76. The minimum atomic E-state index is -0.145. The number of nitrogens with zero attached hydrogens (tertiary/aromatic N) is 5. The minimum Gasteiger partial charge on any atom is -0.370 e. The van der Waals surface area contributed by atoms with Crippen LogP contribution in [-0.4, -0.2) is 77.8 Å². The van der Waals surface area contributed by atoms with E-state index in [2.05, 4.69) is 61.5 Å². The number of fused-ring (bicyclic) bond motifs is 1. The van der Waals surface area contributed by atoms with Crippen LogP contribution >= 0.6 is 11.3 Å². The van der Waals surface area contributed by atoms with Crippen molar-refractivity contribution in [2.75, 3.05) is 39.8 Å². The van der Waals surface area contributed by atoms with Gasteiger partial charge in [-0.3, -0.25) is 14.7 Å². The molecule has 8 nitrogen and oxygen atoms in total. The van der Waals surface area contributed by atoms with Gasteiger partial charge in [-0.2, -0.15) is 0 Å². The number of piperazine rings is 1. The van der Waals surface area contributed by atoms with Gasteiger partial charge in [0.2, 0.25) is 0 Å². The number of allylic oxidation sites excluding steroid dienone is 3. The maximum absolute atomic E-state index is 12.5. The zero-order valence-electron chi connectivity index (χ0n) is 21.7. The van der Waals surface area contributed by atoms with Crippen LogP contribution in [0.4, 0.5) is 0 Å². The van der Waals surface area contributed by atoms with Crippen molar-refractivity contribution in [2.24, 2.45) is 17.0 Å². The maximum Gasteiger partial charge on any atom is 0.271 e. The highest BCUT2D eigenvalue weighted by Gasteiger charge is 2.25. The van der Waals surface area contributed by atoms with Gasteiger partial charge in [-0.1, -0.05) is 30.4 Å². The Kier molecular flexibility index (Phi) is 9.49. The molecule has 0 bridgehead atoms. The van der Waals surface area contributed by atoms with E-state index in [0.29, 0.717) is 12.2 Å². The van der Waals surface area contributed by atoms with Crippen molar-refractivity contribution in [3.8, 4) is 0 Å². The average molecular weight is 510 g/mol. The molecule has 1 fully saturated rings. The van der Waals surface area contributed by atoms with Gasteiger partial charge in [0.1, 0.15) is 5.70 Å². The average Bonchev–Trinajstić information content (AvgIpc) is 3.22. The van der Waals surface area contributed by atoms with Crippen LogP contribution in [0.5, 0.6) is 0 Å². The van der Waals surface area contributed by atoms with Crippen molar-refractivity contribution in [2.45, 2.75) is 44.8 Å². The van der Waals surface area contributed by atoms with Gasteiger partial charge in [-0.05, 0) is 32.3 Å². The Hall–Kier alpha value is -2.75. The first-order chi connectivity index (χ1) is 17.5. The van der Waals surface area contributed by atoms with Crippen LogP contribution in [0.15, 0.2) is 63.7 Å². The van der Waals surface area contributed by atoms with E-state index in [1.165, 1.54) is 5.69 Å². The summed E-state index contributed by atoms with van der Waals surface area (Å²) in [6.45, 7) is 7.93.